The Morgan fingerprint density at radius 1 is 1.47 bits per heavy atom. The first-order valence-electron chi connectivity index (χ1n) is 4.67. The molecule has 6 heteroatoms. The largest absolute Gasteiger partial charge is 0.397 e. The van der Waals surface area contributed by atoms with Gasteiger partial charge in [-0.2, -0.15) is 0 Å². The lowest BCUT2D eigenvalue weighted by Crippen LogP contribution is -2.12. The maximum atomic E-state index is 11.9. The number of amides is 1. The number of nitrogen functional groups attached to an aromatic ring is 1. The summed E-state index contributed by atoms with van der Waals surface area (Å²) in [6, 6.07) is 6.93. The third-order valence-corrected chi connectivity index (χ3v) is 4.22. The zero-order chi connectivity index (χ0) is 12.4. The molecule has 3 N–H and O–H groups in total. The minimum atomic E-state index is -0.205. The van der Waals surface area contributed by atoms with Crippen molar-refractivity contribution < 1.29 is 4.79 Å². The second-order valence-corrected chi connectivity index (χ2v) is 6.51. The molecule has 0 aliphatic heterocycles. The topological polar surface area (TPSA) is 55.1 Å². The fourth-order valence-electron chi connectivity index (χ4n) is 1.29. The van der Waals surface area contributed by atoms with Crippen LogP contribution in [-0.2, 0) is 0 Å². The van der Waals surface area contributed by atoms with Gasteiger partial charge in [-0.1, -0.05) is 17.7 Å². The van der Waals surface area contributed by atoms with Crippen LogP contribution >= 0.6 is 45.5 Å². The smallest absolute Gasteiger partial charge is 0.256 e. The number of benzene rings is 1. The number of hydrogen-bond donors (Lipinski definition) is 2. The van der Waals surface area contributed by atoms with Crippen LogP contribution in [0.3, 0.4) is 0 Å². The second kappa shape index (κ2) is 5.24. The maximum absolute atomic E-state index is 11.9. The summed E-state index contributed by atoms with van der Waals surface area (Å²) in [6.45, 7) is 0. The van der Waals surface area contributed by atoms with Crippen molar-refractivity contribution >= 4 is 62.8 Å². The SMILES string of the molecule is Nc1cccc(Cl)c1NC(=O)c1csc(I)c1. The molecular formula is C11H8ClIN2OS. The molecule has 17 heavy (non-hydrogen) atoms. The summed E-state index contributed by atoms with van der Waals surface area (Å²) >= 11 is 9.65. The molecular weight excluding hydrogens is 371 g/mol. The molecule has 0 bridgehead atoms. The average Bonchev–Trinajstić information content (AvgIpc) is 2.70. The van der Waals surface area contributed by atoms with Gasteiger partial charge in [-0.05, 0) is 40.8 Å². The third kappa shape index (κ3) is 2.91. The molecule has 0 atom stereocenters. The summed E-state index contributed by atoms with van der Waals surface area (Å²) in [6.07, 6.45) is 0. The van der Waals surface area contributed by atoms with Gasteiger partial charge in [0.2, 0.25) is 0 Å². The molecule has 1 heterocycles. The molecule has 0 radical (unpaired) electrons. The van der Waals surface area contributed by atoms with E-state index in [9.17, 15) is 4.79 Å². The lowest BCUT2D eigenvalue weighted by Gasteiger charge is -2.08. The average molecular weight is 379 g/mol. The number of halogens is 2. The molecule has 0 unspecified atom stereocenters. The van der Waals surface area contributed by atoms with Gasteiger partial charge in [-0.3, -0.25) is 4.79 Å². The Kier molecular flexibility index (Phi) is 3.90. The van der Waals surface area contributed by atoms with Gasteiger partial charge >= 0.3 is 0 Å². The fourth-order valence-corrected chi connectivity index (χ4v) is 2.84. The number of carbonyl (C=O) groups excluding carboxylic acids is 1. The molecule has 3 nitrogen and oxygen atoms in total. The highest BCUT2D eigenvalue weighted by Crippen LogP contribution is 2.28. The van der Waals surface area contributed by atoms with E-state index in [-0.39, 0.29) is 5.91 Å². The van der Waals surface area contributed by atoms with Crippen LogP contribution in [0, 0.1) is 2.88 Å². The Labute approximate surface area is 121 Å². The number of nitrogens with one attached hydrogen (secondary N) is 1. The predicted molar refractivity (Wildman–Crippen MR) is 80.9 cm³/mol. The normalized spacial score (nSPS) is 10.2. The van der Waals surface area contributed by atoms with E-state index in [2.05, 4.69) is 27.9 Å². The van der Waals surface area contributed by atoms with Crippen LogP contribution < -0.4 is 11.1 Å². The number of nitrogens with two attached hydrogens (primary N) is 1. The lowest BCUT2D eigenvalue weighted by molar-refractivity contribution is 0.102. The molecule has 2 aromatic rings. The van der Waals surface area contributed by atoms with Crippen LogP contribution in [-0.4, -0.2) is 5.91 Å². The fraction of sp³-hybridized carbons (Fsp3) is 0. The zero-order valence-corrected chi connectivity index (χ0v) is 12.3. The summed E-state index contributed by atoms with van der Waals surface area (Å²) in [5, 5.41) is 4.94. The molecule has 0 saturated heterocycles. The van der Waals surface area contributed by atoms with Gasteiger partial charge in [0, 0.05) is 5.38 Å². The van der Waals surface area contributed by atoms with Crippen LogP contribution in [0.5, 0.6) is 0 Å². The van der Waals surface area contributed by atoms with Gasteiger partial charge in [0.25, 0.3) is 5.91 Å². The Morgan fingerprint density at radius 2 is 2.24 bits per heavy atom. The van der Waals surface area contributed by atoms with E-state index in [0.717, 1.165) is 2.88 Å². The van der Waals surface area contributed by atoms with E-state index in [1.54, 1.807) is 23.6 Å². The summed E-state index contributed by atoms with van der Waals surface area (Å²) in [5.41, 5.74) is 7.28. The van der Waals surface area contributed by atoms with E-state index in [1.165, 1.54) is 11.3 Å². The quantitative estimate of drug-likeness (QED) is 0.616. The van der Waals surface area contributed by atoms with Gasteiger partial charge in [0.1, 0.15) is 0 Å². The van der Waals surface area contributed by atoms with Crippen molar-refractivity contribution in [2.75, 3.05) is 11.1 Å². The van der Waals surface area contributed by atoms with E-state index in [0.29, 0.717) is 22.0 Å². The Bertz CT molecular complexity index is 550. The highest BCUT2D eigenvalue weighted by molar-refractivity contribution is 14.1. The number of rotatable bonds is 2. The predicted octanol–water partition coefficient (Wildman–Crippen LogP) is 3.84. The van der Waals surface area contributed by atoms with Gasteiger partial charge < -0.3 is 11.1 Å². The van der Waals surface area contributed by atoms with Crippen molar-refractivity contribution in [1.82, 2.24) is 0 Å². The standard InChI is InChI=1S/C11H8ClIN2OS/c12-7-2-1-3-8(14)10(7)15-11(16)6-4-9(13)17-5-6/h1-5H,14H2,(H,15,16). The number of anilines is 2. The van der Waals surface area contributed by atoms with Crippen molar-refractivity contribution in [2.24, 2.45) is 0 Å². The van der Waals surface area contributed by atoms with Gasteiger partial charge in [-0.15, -0.1) is 11.3 Å². The molecule has 0 spiro atoms. The van der Waals surface area contributed by atoms with Crippen LogP contribution in [0.15, 0.2) is 29.6 Å². The molecule has 0 fully saturated rings. The van der Waals surface area contributed by atoms with Gasteiger partial charge in [-0.25, -0.2) is 0 Å². The molecule has 0 aliphatic rings. The summed E-state index contributed by atoms with van der Waals surface area (Å²) in [7, 11) is 0. The van der Waals surface area contributed by atoms with Crippen molar-refractivity contribution in [1.29, 1.82) is 0 Å². The highest BCUT2D eigenvalue weighted by Gasteiger charge is 2.12. The van der Waals surface area contributed by atoms with Crippen molar-refractivity contribution in [3.05, 3.63) is 43.1 Å². The Morgan fingerprint density at radius 3 is 2.82 bits per heavy atom. The van der Waals surface area contributed by atoms with Crippen LogP contribution in [0.1, 0.15) is 10.4 Å². The van der Waals surface area contributed by atoms with Crippen LogP contribution in [0.4, 0.5) is 11.4 Å². The molecule has 0 aliphatic carbocycles. The molecule has 1 amide bonds. The van der Waals surface area contributed by atoms with Crippen molar-refractivity contribution in [3.8, 4) is 0 Å². The second-order valence-electron chi connectivity index (χ2n) is 3.30. The molecule has 0 saturated carbocycles. The zero-order valence-electron chi connectivity index (χ0n) is 8.54. The molecule has 2 rings (SSSR count). The van der Waals surface area contributed by atoms with E-state index in [1.807, 2.05) is 6.07 Å². The summed E-state index contributed by atoms with van der Waals surface area (Å²) in [4.78, 5) is 11.9. The van der Waals surface area contributed by atoms with Gasteiger partial charge in [0.15, 0.2) is 0 Å². The van der Waals surface area contributed by atoms with Crippen molar-refractivity contribution in [2.45, 2.75) is 0 Å². The Balaban J connectivity index is 2.24. The van der Waals surface area contributed by atoms with Gasteiger partial charge in [0.05, 0.1) is 24.8 Å². The molecule has 1 aromatic heterocycles. The molecule has 88 valence electrons. The maximum Gasteiger partial charge on any atom is 0.256 e. The monoisotopic (exact) mass is 378 g/mol. The van der Waals surface area contributed by atoms with E-state index >= 15 is 0 Å². The minimum Gasteiger partial charge on any atom is -0.397 e. The molecule has 1 aromatic carbocycles. The summed E-state index contributed by atoms with van der Waals surface area (Å²) in [5.74, 6) is -0.205. The lowest BCUT2D eigenvalue weighted by atomic mass is 10.2. The van der Waals surface area contributed by atoms with Crippen LogP contribution in [0.25, 0.3) is 0 Å². The minimum absolute atomic E-state index is 0.205. The first kappa shape index (κ1) is 12.7. The number of para-hydroxylation sites is 1. The van der Waals surface area contributed by atoms with E-state index in [4.69, 9.17) is 17.3 Å². The third-order valence-electron chi connectivity index (χ3n) is 2.11. The first-order valence-corrected chi connectivity index (χ1v) is 7.01. The number of thiophene rings is 1. The number of hydrogen-bond acceptors (Lipinski definition) is 3. The Hall–Kier alpha value is -0.790. The highest BCUT2D eigenvalue weighted by atomic mass is 127. The van der Waals surface area contributed by atoms with E-state index < -0.39 is 0 Å². The number of carbonyl (C=O) groups is 1. The first-order chi connectivity index (χ1) is 8.08. The summed E-state index contributed by atoms with van der Waals surface area (Å²) < 4.78 is 1.06. The van der Waals surface area contributed by atoms with Crippen molar-refractivity contribution in [3.63, 3.8) is 0 Å². The van der Waals surface area contributed by atoms with Crippen LogP contribution in [0.2, 0.25) is 5.02 Å².